The maximum atomic E-state index is 4.34. The molecule has 1 aromatic carbocycles. The molecule has 0 amide bonds. The van der Waals surface area contributed by atoms with E-state index in [0.29, 0.717) is 0 Å². The number of aromatic nitrogens is 2. The van der Waals surface area contributed by atoms with Crippen LogP contribution < -0.4 is 0 Å². The first-order valence-electron chi connectivity index (χ1n) is 4.86. The van der Waals surface area contributed by atoms with Crippen molar-refractivity contribution in [1.29, 1.82) is 0 Å². The maximum Gasteiger partial charge on any atom is 0.147 e. The van der Waals surface area contributed by atoms with Gasteiger partial charge in [0.25, 0.3) is 0 Å². The molecule has 1 unspecified atom stereocenters. The number of rotatable bonds is 3. The highest BCUT2D eigenvalue weighted by Crippen LogP contribution is 2.28. The van der Waals surface area contributed by atoms with Gasteiger partial charge in [0.2, 0.25) is 0 Å². The first kappa shape index (κ1) is 10.3. The molecule has 0 aliphatic carbocycles. The zero-order valence-electron chi connectivity index (χ0n) is 8.80. The molecule has 0 spiro atoms. The fourth-order valence-electron chi connectivity index (χ4n) is 1.54. The third-order valence-corrected chi connectivity index (χ3v) is 3.29. The predicted molar refractivity (Wildman–Crippen MR) is 66.3 cm³/mol. The van der Waals surface area contributed by atoms with Crippen molar-refractivity contribution < 1.29 is 0 Å². The first-order chi connectivity index (χ1) is 7.27. The summed E-state index contributed by atoms with van der Waals surface area (Å²) in [6.07, 6.45) is 10.1. The minimum absolute atomic E-state index is 0.374. The van der Waals surface area contributed by atoms with Gasteiger partial charge in [-0.2, -0.15) is 10.9 Å². The van der Waals surface area contributed by atoms with Crippen molar-refractivity contribution in [3.8, 4) is 0 Å². The van der Waals surface area contributed by atoms with Crippen molar-refractivity contribution in [2.24, 2.45) is 0 Å². The highest BCUT2D eigenvalue weighted by Gasteiger charge is 2.04. The van der Waals surface area contributed by atoms with E-state index in [0.717, 1.165) is 11.7 Å². The number of thiol groups is 1. The Kier molecular flexibility index (Phi) is 3.11. The Bertz CT molecular complexity index is 420. The van der Waals surface area contributed by atoms with Crippen molar-refractivity contribution >= 4 is 10.9 Å². The van der Waals surface area contributed by atoms with Crippen LogP contribution in [-0.2, 0) is 6.54 Å². The SMILES string of the molecule is [CH2][SH](C)c1nccn1Cc1ccccc1. The van der Waals surface area contributed by atoms with Crippen LogP contribution >= 0.6 is 10.9 Å². The molecule has 3 heteroatoms. The second-order valence-electron chi connectivity index (χ2n) is 3.54. The fourth-order valence-corrected chi connectivity index (χ4v) is 2.38. The fraction of sp³-hybridized carbons (Fsp3) is 0.167. The van der Waals surface area contributed by atoms with E-state index in [1.807, 2.05) is 18.5 Å². The van der Waals surface area contributed by atoms with Crippen LogP contribution in [0.15, 0.2) is 47.9 Å². The van der Waals surface area contributed by atoms with Gasteiger partial charge in [-0.05, 0) is 18.1 Å². The van der Waals surface area contributed by atoms with E-state index in [4.69, 9.17) is 0 Å². The van der Waals surface area contributed by atoms with E-state index in [1.165, 1.54) is 5.56 Å². The molecular weight excluding hydrogens is 204 g/mol. The van der Waals surface area contributed by atoms with Crippen LogP contribution in [0.1, 0.15) is 5.56 Å². The molecule has 2 rings (SSSR count). The summed E-state index contributed by atoms with van der Waals surface area (Å²) in [5.74, 6) is 0. The molecule has 0 saturated carbocycles. The van der Waals surface area contributed by atoms with E-state index in [-0.39, 0.29) is 10.9 Å². The van der Waals surface area contributed by atoms with Crippen LogP contribution in [0.3, 0.4) is 0 Å². The monoisotopic (exact) mass is 219 g/mol. The van der Waals surface area contributed by atoms with E-state index < -0.39 is 0 Å². The van der Waals surface area contributed by atoms with Crippen LogP contribution in [0.25, 0.3) is 0 Å². The van der Waals surface area contributed by atoms with Gasteiger partial charge in [0.15, 0.2) is 0 Å². The van der Waals surface area contributed by atoms with Crippen molar-refractivity contribution in [1.82, 2.24) is 9.55 Å². The Labute approximate surface area is 93.3 Å². The predicted octanol–water partition coefficient (Wildman–Crippen LogP) is 2.71. The summed E-state index contributed by atoms with van der Waals surface area (Å²) in [7, 11) is -0.374. The summed E-state index contributed by atoms with van der Waals surface area (Å²) >= 11 is 0. The summed E-state index contributed by atoms with van der Waals surface area (Å²) in [6.45, 7) is 0.887. The third-order valence-electron chi connectivity index (χ3n) is 2.23. The summed E-state index contributed by atoms with van der Waals surface area (Å²) in [6, 6.07) is 10.4. The first-order valence-corrected chi connectivity index (χ1v) is 6.84. The minimum atomic E-state index is -0.374. The molecule has 2 nitrogen and oxygen atoms in total. The molecule has 1 radical (unpaired) electrons. The second-order valence-corrected chi connectivity index (χ2v) is 5.33. The van der Waals surface area contributed by atoms with Gasteiger partial charge >= 0.3 is 0 Å². The third kappa shape index (κ3) is 2.42. The highest BCUT2D eigenvalue weighted by molar-refractivity contribution is 8.17. The molecule has 1 aromatic heterocycles. The van der Waals surface area contributed by atoms with Gasteiger partial charge in [0.05, 0.1) is 0 Å². The van der Waals surface area contributed by atoms with Crippen LogP contribution in [0.4, 0.5) is 0 Å². The molecular formula is C12H15N2S. The lowest BCUT2D eigenvalue weighted by molar-refractivity contribution is 0.708. The Morgan fingerprint density at radius 3 is 2.73 bits per heavy atom. The lowest BCUT2D eigenvalue weighted by Gasteiger charge is -2.12. The van der Waals surface area contributed by atoms with Gasteiger partial charge in [0, 0.05) is 18.9 Å². The van der Waals surface area contributed by atoms with E-state index in [1.54, 1.807) is 0 Å². The molecule has 0 saturated heterocycles. The maximum absolute atomic E-state index is 4.34. The molecule has 0 aliphatic heterocycles. The standard InChI is InChI=1S/C12H15N2S/c1-15(2)12-13-8-9-14(12)10-11-6-4-3-5-7-11/h3-9,15H,1,10H2,2H3. The molecule has 0 fully saturated rings. The normalized spacial score (nSPS) is 11.5. The molecule has 1 heterocycles. The van der Waals surface area contributed by atoms with E-state index in [9.17, 15) is 0 Å². The quantitative estimate of drug-likeness (QED) is 0.786. The van der Waals surface area contributed by atoms with Crippen LogP contribution in [-0.4, -0.2) is 15.8 Å². The van der Waals surface area contributed by atoms with Crippen molar-refractivity contribution in [3.05, 3.63) is 54.5 Å². The number of hydrogen-bond acceptors (Lipinski definition) is 1. The van der Waals surface area contributed by atoms with Gasteiger partial charge in [-0.3, -0.25) is 0 Å². The van der Waals surface area contributed by atoms with Gasteiger partial charge in [-0.1, -0.05) is 30.3 Å². The van der Waals surface area contributed by atoms with Crippen molar-refractivity contribution in [3.63, 3.8) is 0 Å². The number of nitrogens with zero attached hydrogens (tertiary/aromatic N) is 2. The minimum Gasteiger partial charge on any atom is -0.323 e. The Hall–Kier alpha value is -1.22. The molecule has 2 aromatic rings. The van der Waals surface area contributed by atoms with Gasteiger partial charge in [-0.25, -0.2) is 4.98 Å². The smallest absolute Gasteiger partial charge is 0.147 e. The lowest BCUT2D eigenvalue weighted by atomic mass is 10.2. The number of hydrogen-bond donors (Lipinski definition) is 1. The summed E-state index contributed by atoms with van der Waals surface area (Å²) in [5.41, 5.74) is 1.30. The lowest BCUT2D eigenvalue weighted by Crippen LogP contribution is -2.01. The van der Waals surface area contributed by atoms with Crippen molar-refractivity contribution in [2.75, 3.05) is 6.26 Å². The zero-order valence-corrected chi connectivity index (χ0v) is 9.69. The molecule has 1 atom stereocenters. The summed E-state index contributed by atoms with van der Waals surface area (Å²) in [5, 5.41) is 1.11. The summed E-state index contributed by atoms with van der Waals surface area (Å²) < 4.78 is 2.17. The number of benzene rings is 1. The topological polar surface area (TPSA) is 17.8 Å². The molecule has 0 aliphatic rings. The molecule has 0 bridgehead atoms. The number of imidazole rings is 1. The van der Waals surface area contributed by atoms with Gasteiger partial charge in [-0.15, -0.1) is 0 Å². The largest absolute Gasteiger partial charge is 0.323 e. The molecule has 79 valence electrons. The van der Waals surface area contributed by atoms with Gasteiger partial charge < -0.3 is 4.57 Å². The van der Waals surface area contributed by atoms with Crippen LogP contribution in [0, 0.1) is 6.26 Å². The Morgan fingerprint density at radius 1 is 1.33 bits per heavy atom. The van der Waals surface area contributed by atoms with Crippen molar-refractivity contribution in [2.45, 2.75) is 11.7 Å². The average molecular weight is 219 g/mol. The van der Waals surface area contributed by atoms with E-state index >= 15 is 0 Å². The molecule has 15 heavy (non-hydrogen) atoms. The second kappa shape index (κ2) is 4.53. The zero-order chi connectivity index (χ0) is 10.7. The summed E-state index contributed by atoms with van der Waals surface area (Å²) in [4.78, 5) is 4.34. The Balaban J connectivity index is 2.21. The van der Waals surface area contributed by atoms with Gasteiger partial charge in [0.1, 0.15) is 5.16 Å². The van der Waals surface area contributed by atoms with Crippen LogP contribution in [0.2, 0.25) is 0 Å². The Morgan fingerprint density at radius 2 is 2.07 bits per heavy atom. The van der Waals surface area contributed by atoms with E-state index in [2.05, 4.69) is 46.3 Å². The molecule has 0 N–H and O–H groups in total. The average Bonchev–Trinajstić information content (AvgIpc) is 2.67. The highest BCUT2D eigenvalue weighted by atomic mass is 32.2. The van der Waals surface area contributed by atoms with Crippen LogP contribution in [0.5, 0.6) is 0 Å².